The summed E-state index contributed by atoms with van der Waals surface area (Å²) < 4.78 is 9.73. The minimum Gasteiger partial charge on any atom is -0.472 e. The number of carbonyl (C=O) groups is 1. The largest absolute Gasteiger partial charge is 0.472 e. The number of furan rings is 2. The molecule has 0 unspecified atom stereocenters. The number of hydrogen-bond donors (Lipinski definition) is 1. The van der Waals surface area contributed by atoms with Gasteiger partial charge in [-0.05, 0) is 24.1 Å². The van der Waals surface area contributed by atoms with Gasteiger partial charge in [0.1, 0.15) is 6.26 Å². The molecule has 2 rings (SSSR count). The van der Waals surface area contributed by atoms with E-state index in [4.69, 9.17) is 8.83 Å². The van der Waals surface area contributed by atoms with Crippen LogP contribution in [0.15, 0.2) is 46.0 Å². The molecule has 1 amide bonds. The number of amides is 1. The Morgan fingerprint density at radius 2 is 2.00 bits per heavy atom. The van der Waals surface area contributed by atoms with Gasteiger partial charge < -0.3 is 14.2 Å². The van der Waals surface area contributed by atoms with Crippen molar-refractivity contribution in [3.8, 4) is 0 Å². The maximum absolute atomic E-state index is 11.4. The fourth-order valence-electron chi connectivity index (χ4n) is 1.25. The normalized spacial score (nSPS) is 10.1. The van der Waals surface area contributed by atoms with Crippen molar-refractivity contribution < 1.29 is 13.6 Å². The number of carbonyl (C=O) groups excluding carboxylic acids is 1. The zero-order valence-corrected chi connectivity index (χ0v) is 8.10. The highest BCUT2D eigenvalue weighted by atomic mass is 16.3. The van der Waals surface area contributed by atoms with E-state index < -0.39 is 0 Å². The summed E-state index contributed by atoms with van der Waals surface area (Å²) in [5.74, 6) is -0.118. The van der Waals surface area contributed by atoms with Crippen LogP contribution in [0.4, 0.5) is 0 Å². The number of rotatable bonds is 4. The predicted molar refractivity (Wildman–Crippen MR) is 53.5 cm³/mol. The van der Waals surface area contributed by atoms with E-state index in [2.05, 4.69) is 5.32 Å². The van der Waals surface area contributed by atoms with Gasteiger partial charge in [0, 0.05) is 6.54 Å². The molecule has 0 saturated carbocycles. The van der Waals surface area contributed by atoms with E-state index in [1.165, 1.54) is 12.5 Å². The van der Waals surface area contributed by atoms with Crippen molar-refractivity contribution in [2.75, 3.05) is 6.54 Å². The molecular weight excluding hydrogens is 194 g/mol. The summed E-state index contributed by atoms with van der Waals surface area (Å²) in [6.45, 7) is 0.587. The Morgan fingerprint density at radius 3 is 2.67 bits per heavy atom. The number of hydrogen-bond acceptors (Lipinski definition) is 3. The molecule has 2 heterocycles. The van der Waals surface area contributed by atoms with Crippen LogP contribution in [0.1, 0.15) is 15.9 Å². The van der Waals surface area contributed by atoms with Gasteiger partial charge in [-0.25, -0.2) is 0 Å². The van der Waals surface area contributed by atoms with Crippen molar-refractivity contribution in [1.82, 2.24) is 5.32 Å². The van der Waals surface area contributed by atoms with Crippen molar-refractivity contribution in [3.63, 3.8) is 0 Å². The molecule has 0 aliphatic carbocycles. The molecule has 0 bridgehead atoms. The molecule has 1 N–H and O–H groups in total. The molecule has 78 valence electrons. The summed E-state index contributed by atoms with van der Waals surface area (Å²) in [7, 11) is 0. The first-order valence-electron chi connectivity index (χ1n) is 4.68. The third kappa shape index (κ3) is 2.49. The highest BCUT2D eigenvalue weighted by Crippen LogP contribution is 2.01. The lowest BCUT2D eigenvalue weighted by Crippen LogP contribution is -2.25. The Hall–Kier alpha value is -1.97. The fourth-order valence-corrected chi connectivity index (χ4v) is 1.25. The molecule has 0 aromatic carbocycles. The van der Waals surface area contributed by atoms with Gasteiger partial charge in [-0.2, -0.15) is 0 Å². The van der Waals surface area contributed by atoms with Crippen LogP contribution in [-0.4, -0.2) is 12.5 Å². The topological polar surface area (TPSA) is 55.4 Å². The van der Waals surface area contributed by atoms with Crippen molar-refractivity contribution >= 4 is 5.91 Å². The SMILES string of the molecule is O=C(NCCc1ccoc1)c1ccoc1. The van der Waals surface area contributed by atoms with Gasteiger partial charge in [-0.3, -0.25) is 4.79 Å². The van der Waals surface area contributed by atoms with Crippen LogP contribution in [-0.2, 0) is 6.42 Å². The van der Waals surface area contributed by atoms with Crippen LogP contribution in [0, 0.1) is 0 Å². The molecule has 0 radical (unpaired) electrons. The highest BCUT2D eigenvalue weighted by Gasteiger charge is 2.05. The quantitative estimate of drug-likeness (QED) is 0.828. The molecule has 2 aromatic heterocycles. The minimum absolute atomic E-state index is 0.118. The lowest BCUT2D eigenvalue weighted by atomic mass is 10.2. The second-order valence-corrected chi connectivity index (χ2v) is 3.15. The molecule has 4 nitrogen and oxygen atoms in total. The van der Waals surface area contributed by atoms with E-state index in [1.807, 2.05) is 6.07 Å². The van der Waals surface area contributed by atoms with Gasteiger partial charge in [-0.1, -0.05) is 0 Å². The fraction of sp³-hybridized carbons (Fsp3) is 0.182. The van der Waals surface area contributed by atoms with Gasteiger partial charge in [-0.15, -0.1) is 0 Å². The Labute approximate surface area is 86.9 Å². The Bertz CT molecular complexity index is 403. The van der Waals surface area contributed by atoms with Gasteiger partial charge in [0.15, 0.2) is 0 Å². The lowest BCUT2D eigenvalue weighted by molar-refractivity contribution is 0.0953. The first kappa shape index (κ1) is 9.58. The van der Waals surface area contributed by atoms with Crippen molar-refractivity contribution in [3.05, 3.63) is 48.3 Å². The molecule has 0 aliphatic rings. The van der Waals surface area contributed by atoms with Gasteiger partial charge >= 0.3 is 0 Å². The summed E-state index contributed by atoms with van der Waals surface area (Å²) in [5, 5.41) is 2.78. The summed E-state index contributed by atoms with van der Waals surface area (Å²) in [4.78, 5) is 11.4. The van der Waals surface area contributed by atoms with Gasteiger partial charge in [0.05, 0.1) is 24.4 Å². The monoisotopic (exact) mass is 205 g/mol. The standard InChI is InChI=1S/C11H11NO3/c13-11(10-3-6-15-8-10)12-4-1-9-2-5-14-7-9/h2-3,5-8H,1,4H2,(H,12,13). The third-order valence-corrected chi connectivity index (χ3v) is 2.06. The van der Waals surface area contributed by atoms with E-state index in [1.54, 1.807) is 18.6 Å². The van der Waals surface area contributed by atoms with Crippen molar-refractivity contribution in [1.29, 1.82) is 0 Å². The van der Waals surface area contributed by atoms with Crippen LogP contribution in [0.2, 0.25) is 0 Å². The van der Waals surface area contributed by atoms with Crippen molar-refractivity contribution in [2.45, 2.75) is 6.42 Å². The molecule has 0 saturated heterocycles. The second kappa shape index (κ2) is 4.50. The maximum atomic E-state index is 11.4. The van der Waals surface area contributed by atoms with E-state index >= 15 is 0 Å². The third-order valence-electron chi connectivity index (χ3n) is 2.06. The predicted octanol–water partition coefficient (Wildman–Crippen LogP) is 1.85. The average Bonchev–Trinajstić information content (AvgIpc) is 2.90. The molecule has 0 atom stereocenters. The molecule has 4 heteroatoms. The Morgan fingerprint density at radius 1 is 1.20 bits per heavy atom. The Balaban J connectivity index is 1.77. The summed E-state index contributed by atoms with van der Waals surface area (Å²) in [5.41, 5.74) is 1.62. The molecule has 0 fully saturated rings. The molecule has 2 aromatic rings. The Kier molecular flexibility index (Phi) is 2.88. The summed E-state index contributed by atoms with van der Waals surface area (Å²) in [6, 6.07) is 3.51. The van der Waals surface area contributed by atoms with Crippen LogP contribution in [0.25, 0.3) is 0 Å². The minimum atomic E-state index is -0.118. The second-order valence-electron chi connectivity index (χ2n) is 3.15. The smallest absolute Gasteiger partial charge is 0.254 e. The van der Waals surface area contributed by atoms with Crippen LogP contribution in [0.3, 0.4) is 0 Å². The first-order chi connectivity index (χ1) is 7.36. The van der Waals surface area contributed by atoms with Crippen molar-refractivity contribution in [2.24, 2.45) is 0 Å². The summed E-state index contributed by atoms with van der Waals surface area (Å²) in [6.07, 6.45) is 6.95. The molecule has 0 spiro atoms. The zero-order chi connectivity index (χ0) is 10.5. The van der Waals surface area contributed by atoms with E-state index in [9.17, 15) is 4.79 Å². The maximum Gasteiger partial charge on any atom is 0.254 e. The zero-order valence-electron chi connectivity index (χ0n) is 8.10. The van der Waals surface area contributed by atoms with E-state index in [-0.39, 0.29) is 5.91 Å². The van der Waals surface area contributed by atoms with Gasteiger partial charge in [0.2, 0.25) is 0 Å². The highest BCUT2D eigenvalue weighted by molar-refractivity contribution is 5.93. The van der Waals surface area contributed by atoms with E-state index in [0.29, 0.717) is 12.1 Å². The van der Waals surface area contributed by atoms with Gasteiger partial charge in [0.25, 0.3) is 5.91 Å². The van der Waals surface area contributed by atoms with E-state index in [0.717, 1.165) is 12.0 Å². The summed E-state index contributed by atoms with van der Waals surface area (Å²) >= 11 is 0. The molecule has 0 aliphatic heterocycles. The number of nitrogens with one attached hydrogen (secondary N) is 1. The lowest BCUT2D eigenvalue weighted by Gasteiger charge is -2.00. The van der Waals surface area contributed by atoms with Crippen LogP contribution >= 0.6 is 0 Å². The average molecular weight is 205 g/mol. The molecular formula is C11H11NO3. The first-order valence-corrected chi connectivity index (χ1v) is 4.68. The van der Waals surface area contributed by atoms with Crippen LogP contribution < -0.4 is 5.32 Å². The molecule has 15 heavy (non-hydrogen) atoms. The van der Waals surface area contributed by atoms with Crippen LogP contribution in [0.5, 0.6) is 0 Å².